The van der Waals surface area contributed by atoms with Crippen LogP contribution in [0.4, 0.5) is 0 Å². The first-order valence-corrected chi connectivity index (χ1v) is 6.99. The summed E-state index contributed by atoms with van der Waals surface area (Å²) in [5.41, 5.74) is 0.760. The fraction of sp³-hybridized carbons (Fsp3) is 0.750. The van der Waals surface area contributed by atoms with Gasteiger partial charge in [-0.1, -0.05) is 13.0 Å². The van der Waals surface area contributed by atoms with Gasteiger partial charge >= 0.3 is 5.97 Å². The Morgan fingerprint density at radius 3 is 3.00 bits per heavy atom. The summed E-state index contributed by atoms with van der Waals surface area (Å²) in [6.07, 6.45) is 3.99. The molecule has 0 aromatic carbocycles. The standard InChI is InChI=1S/C12H21NO2S/c1-3-11(12(14)15-2)4-6-13-8-10-5-7-16-9-10/h4,10,13H,3,5-9H2,1-2H3. The lowest BCUT2D eigenvalue weighted by Crippen LogP contribution is -2.23. The molecule has 1 atom stereocenters. The smallest absolute Gasteiger partial charge is 0.333 e. The number of carbonyl (C=O) groups is 1. The van der Waals surface area contributed by atoms with Crippen molar-refractivity contribution in [1.29, 1.82) is 0 Å². The van der Waals surface area contributed by atoms with Crippen molar-refractivity contribution in [2.24, 2.45) is 5.92 Å². The van der Waals surface area contributed by atoms with Crippen molar-refractivity contribution >= 4 is 17.7 Å². The zero-order valence-corrected chi connectivity index (χ0v) is 10.9. The fourth-order valence-electron chi connectivity index (χ4n) is 1.73. The van der Waals surface area contributed by atoms with E-state index in [1.54, 1.807) is 0 Å². The summed E-state index contributed by atoms with van der Waals surface area (Å²) < 4.78 is 4.70. The number of hydrogen-bond acceptors (Lipinski definition) is 4. The molecule has 1 aliphatic heterocycles. The van der Waals surface area contributed by atoms with Crippen molar-refractivity contribution in [3.63, 3.8) is 0 Å². The van der Waals surface area contributed by atoms with Crippen LogP contribution in [0.3, 0.4) is 0 Å². The van der Waals surface area contributed by atoms with E-state index < -0.39 is 0 Å². The maximum Gasteiger partial charge on any atom is 0.333 e. The van der Waals surface area contributed by atoms with Crippen LogP contribution in [0.1, 0.15) is 19.8 Å². The second-order valence-electron chi connectivity index (χ2n) is 3.96. The lowest BCUT2D eigenvalue weighted by Gasteiger charge is -2.08. The van der Waals surface area contributed by atoms with Gasteiger partial charge in [-0.15, -0.1) is 0 Å². The molecule has 0 aliphatic carbocycles. The van der Waals surface area contributed by atoms with E-state index in [2.05, 4.69) is 5.32 Å². The van der Waals surface area contributed by atoms with E-state index in [0.717, 1.165) is 31.0 Å². The van der Waals surface area contributed by atoms with Crippen LogP contribution in [0, 0.1) is 5.92 Å². The number of ether oxygens (including phenoxy) is 1. The molecule has 0 amide bonds. The van der Waals surface area contributed by atoms with Crippen molar-refractivity contribution in [1.82, 2.24) is 5.32 Å². The van der Waals surface area contributed by atoms with Crippen LogP contribution in [0.25, 0.3) is 0 Å². The summed E-state index contributed by atoms with van der Waals surface area (Å²) in [4.78, 5) is 11.3. The SMILES string of the molecule is CCC(=CCNCC1CCSC1)C(=O)OC. The van der Waals surface area contributed by atoms with Crippen LogP contribution in [0.2, 0.25) is 0 Å². The Balaban J connectivity index is 2.20. The molecule has 0 aromatic heterocycles. The van der Waals surface area contributed by atoms with E-state index in [9.17, 15) is 4.79 Å². The number of nitrogens with one attached hydrogen (secondary N) is 1. The van der Waals surface area contributed by atoms with Crippen LogP contribution >= 0.6 is 11.8 Å². The summed E-state index contributed by atoms with van der Waals surface area (Å²) in [5.74, 6) is 3.17. The third-order valence-electron chi connectivity index (χ3n) is 2.78. The summed E-state index contributed by atoms with van der Waals surface area (Å²) in [7, 11) is 1.43. The largest absolute Gasteiger partial charge is 0.466 e. The molecular weight excluding hydrogens is 222 g/mol. The highest BCUT2D eigenvalue weighted by atomic mass is 32.2. The Kier molecular flexibility index (Phi) is 6.57. The van der Waals surface area contributed by atoms with Crippen molar-refractivity contribution < 1.29 is 9.53 Å². The molecule has 3 nitrogen and oxygen atoms in total. The van der Waals surface area contributed by atoms with Gasteiger partial charge in [0.2, 0.25) is 0 Å². The number of thioether (sulfide) groups is 1. The molecule has 0 spiro atoms. The van der Waals surface area contributed by atoms with E-state index in [1.165, 1.54) is 25.0 Å². The van der Waals surface area contributed by atoms with Crippen molar-refractivity contribution in [3.05, 3.63) is 11.6 Å². The van der Waals surface area contributed by atoms with Crippen molar-refractivity contribution in [3.8, 4) is 0 Å². The summed E-state index contributed by atoms with van der Waals surface area (Å²) >= 11 is 2.03. The zero-order chi connectivity index (χ0) is 11.8. The average molecular weight is 243 g/mol. The molecule has 0 aromatic rings. The molecule has 16 heavy (non-hydrogen) atoms. The van der Waals surface area contributed by atoms with Gasteiger partial charge in [0, 0.05) is 12.1 Å². The first kappa shape index (κ1) is 13.6. The van der Waals surface area contributed by atoms with Crippen LogP contribution in [0.15, 0.2) is 11.6 Å². The molecule has 4 heteroatoms. The number of hydrogen-bond donors (Lipinski definition) is 1. The number of carbonyl (C=O) groups excluding carboxylic acids is 1. The topological polar surface area (TPSA) is 38.3 Å². The van der Waals surface area contributed by atoms with Crippen molar-refractivity contribution in [2.75, 3.05) is 31.7 Å². The molecule has 0 bridgehead atoms. The quantitative estimate of drug-likeness (QED) is 0.439. The van der Waals surface area contributed by atoms with Crippen molar-refractivity contribution in [2.45, 2.75) is 19.8 Å². The molecule has 1 saturated heterocycles. The summed E-state index contributed by atoms with van der Waals surface area (Å²) in [6, 6.07) is 0. The Bertz CT molecular complexity index is 247. The predicted molar refractivity (Wildman–Crippen MR) is 68.7 cm³/mol. The van der Waals surface area contributed by atoms with E-state index in [0.29, 0.717) is 0 Å². The van der Waals surface area contributed by atoms with E-state index in [4.69, 9.17) is 4.74 Å². The number of rotatable bonds is 6. The second-order valence-corrected chi connectivity index (χ2v) is 5.11. The van der Waals surface area contributed by atoms with Gasteiger partial charge in [0.15, 0.2) is 0 Å². The predicted octanol–water partition coefficient (Wildman–Crippen LogP) is 1.84. The van der Waals surface area contributed by atoms with Crippen LogP contribution in [0.5, 0.6) is 0 Å². The van der Waals surface area contributed by atoms with Crippen LogP contribution in [-0.2, 0) is 9.53 Å². The van der Waals surface area contributed by atoms with Crippen LogP contribution in [-0.4, -0.2) is 37.7 Å². The third-order valence-corrected chi connectivity index (χ3v) is 4.01. The highest BCUT2D eigenvalue weighted by Crippen LogP contribution is 2.22. The Morgan fingerprint density at radius 1 is 1.62 bits per heavy atom. The van der Waals surface area contributed by atoms with Gasteiger partial charge in [-0.25, -0.2) is 4.79 Å². The minimum atomic E-state index is -0.208. The average Bonchev–Trinajstić information content (AvgIpc) is 2.81. The fourth-order valence-corrected chi connectivity index (χ4v) is 3.01. The zero-order valence-electron chi connectivity index (χ0n) is 10.1. The Morgan fingerprint density at radius 2 is 2.44 bits per heavy atom. The summed E-state index contributed by atoms with van der Waals surface area (Å²) in [5, 5.41) is 3.37. The molecular formula is C12H21NO2S. The minimum absolute atomic E-state index is 0.208. The van der Waals surface area contributed by atoms with E-state index >= 15 is 0 Å². The maximum atomic E-state index is 11.3. The molecule has 1 fully saturated rings. The highest BCUT2D eigenvalue weighted by molar-refractivity contribution is 7.99. The third kappa shape index (κ3) is 4.58. The molecule has 1 rings (SSSR count). The van der Waals surface area contributed by atoms with Gasteiger partial charge in [0.1, 0.15) is 0 Å². The minimum Gasteiger partial charge on any atom is -0.466 e. The van der Waals surface area contributed by atoms with Gasteiger partial charge < -0.3 is 10.1 Å². The summed E-state index contributed by atoms with van der Waals surface area (Å²) in [6.45, 7) is 3.79. The first-order valence-electron chi connectivity index (χ1n) is 5.83. The van der Waals surface area contributed by atoms with E-state index in [-0.39, 0.29) is 5.97 Å². The highest BCUT2D eigenvalue weighted by Gasteiger charge is 2.14. The molecule has 1 N–H and O–H groups in total. The van der Waals surface area contributed by atoms with Gasteiger partial charge in [-0.2, -0.15) is 11.8 Å². The van der Waals surface area contributed by atoms with Crippen LogP contribution < -0.4 is 5.32 Å². The second kappa shape index (κ2) is 7.74. The molecule has 1 aliphatic rings. The molecule has 92 valence electrons. The molecule has 0 saturated carbocycles. The normalized spacial score (nSPS) is 21.1. The maximum absolute atomic E-state index is 11.3. The van der Waals surface area contributed by atoms with Gasteiger partial charge in [-0.3, -0.25) is 0 Å². The first-order chi connectivity index (χ1) is 7.77. The lowest BCUT2D eigenvalue weighted by atomic mass is 10.1. The monoisotopic (exact) mass is 243 g/mol. The Hall–Kier alpha value is -0.480. The number of esters is 1. The van der Waals surface area contributed by atoms with E-state index in [1.807, 2.05) is 24.8 Å². The Labute approximate surface area is 102 Å². The molecule has 1 unspecified atom stereocenters. The van der Waals surface area contributed by atoms with Gasteiger partial charge in [-0.05, 0) is 36.8 Å². The lowest BCUT2D eigenvalue weighted by molar-refractivity contribution is -0.136. The molecule has 1 heterocycles. The molecule has 0 radical (unpaired) electrons. The number of methoxy groups -OCH3 is 1. The van der Waals surface area contributed by atoms with Gasteiger partial charge in [0.05, 0.1) is 7.11 Å². The van der Waals surface area contributed by atoms with Gasteiger partial charge in [0.25, 0.3) is 0 Å².